The first-order valence-corrected chi connectivity index (χ1v) is 7.32. The van der Waals surface area contributed by atoms with Crippen LogP contribution >= 0.6 is 0 Å². The lowest BCUT2D eigenvalue weighted by atomic mass is 10.3. The van der Waals surface area contributed by atoms with E-state index in [1.807, 2.05) is 0 Å². The van der Waals surface area contributed by atoms with E-state index in [1.54, 1.807) is 32.0 Å². The van der Waals surface area contributed by atoms with Gasteiger partial charge in [-0.2, -0.15) is 0 Å². The number of anilines is 1. The number of aryl methyl sites for hydroxylation is 1. The lowest BCUT2D eigenvalue weighted by Crippen LogP contribution is -2.50. The normalized spacial score (nSPS) is 16.5. The van der Waals surface area contributed by atoms with Crippen LogP contribution in [0.1, 0.15) is 5.76 Å². The summed E-state index contributed by atoms with van der Waals surface area (Å²) in [4.78, 5) is 29.4. The van der Waals surface area contributed by atoms with Gasteiger partial charge in [0.25, 0.3) is 0 Å². The quantitative estimate of drug-likeness (QED) is 0.799. The summed E-state index contributed by atoms with van der Waals surface area (Å²) in [7, 11) is 3.52. The summed E-state index contributed by atoms with van der Waals surface area (Å²) in [6.45, 7) is 5.65. The van der Waals surface area contributed by atoms with Crippen molar-refractivity contribution in [3.63, 3.8) is 0 Å². The molecule has 0 atom stereocenters. The minimum Gasteiger partial charge on any atom is -0.360 e. The first-order valence-electron chi connectivity index (χ1n) is 7.32. The molecule has 0 bridgehead atoms. The largest absolute Gasteiger partial charge is 0.360 e. The van der Waals surface area contributed by atoms with E-state index in [0.717, 1.165) is 26.2 Å². The second-order valence-corrected chi connectivity index (χ2v) is 5.71. The zero-order chi connectivity index (χ0) is 16.1. The lowest BCUT2D eigenvalue weighted by Gasteiger charge is -2.34. The minimum absolute atomic E-state index is 0.104. The monoisotopic (exact) mass is 309 g/mol. The molecule has 8 nitrogen and oxygen atoms in total. The van der Waals surface area contributed by atoms with E-state index < -0.39 is 0 Å². The van der Waals surface area contributed by atoms with Crippen molar-refractivity contribution in [3.8, 4) is 0 Å². The number of carbonyl (C=O) groups excluding carboxylic acids is 2. The topological polar surface area (TPSA) is 81.9 Å². The smallest absolute Gasteiger partial charge is 0.239 e. The summed E-state index contributed by atoms with van der Waals surface area (Å²) in [5, 5.41) is 6.44. The number of hydrogen-bond acceptors (Lipinski definition) is 6. The molecular formula is C14H23N5O3. The van der Waals surface area contributed by atoms with Gasteiger partial charge in [-0.3, -0.25) is 19.4 Å². The number of hydrogen-bond donors (Lipinski definition) is 1. The highest BCUT2D eigenvalue weighted by Gasteiger charge is 2.21. The predicted octanol–water partition coefficient (Wildman–Crippen LogP) is -0.373. The fourth-order valence-corrected chi connectivity index (χ4v) is 2.25. The standard InChI is InChI=1S/C14H23N5O3/c1-11-8-12(16-22-11)15-13(20)9-18-4-6-19(7-5-18)10-14(21)17(2)3/h8H,4-7,9-10H2,1-3H3,(H,15,16,20). The molecule has 8 heteroatoms. The molecule has 22 heavy (non-hydrogen) atoms. The van der Waals surface area contributed by atoms with Gasteiger partial charge in [-0.15, -0.1) is 0 Å². The third kappa shape index (κ3) is 4.81. The zero-order valence-corrected chi connectivity index (χ0v) is 13.3. The van der Waals surface area contributed by atoms with E-state index in [2.05, 4.69) is 20.3 Å². The Morgan fingerprint density at radius 3 is 2.32 bits per heavy atom. The number of aromatic nitrogens is 1. The van der Waals surface area contributed by atoms with E-state index in [4.69, 9.17) is 4.52 Å². The molecule has 1 aromatic rings. The van der Waals surface area contributed by atoms with Gasteiger partial charge >= 0.3 is 0 Å². The molecule has 1 fully saturated rings. The van der Waals surface area contributed by atoms with Crippen LogP contribution in [0.2, 0.25) is 0 Å². The third-order valence-corrected chi connectivity index (χ3v) is 3.59. The van der Waals surface area contributed by atoms with Gasteiger partial charge in [0.2, 0.25) is 11.8 Å². The van der Waals surface area contributed by atoms with Gasteiger partial charge in [0.1, 0.15) is 5.76 Å². The van der Waals surface area contributed by atoms with Crippen LogP contribution in [-0.2, 0) is 9.59 Å². The fourth-order valence-electron chi connectivity index (χ4n) is 2.25. The molecule has 1 saturated heterocycles. The molecule has 2 rings (SSSR count). The average Bonchev–Trinajstić information content (AvgIpc) is 2.86. The van der Waals surface area contributed by atoms with Crippen molar-refractivity contribution in [1.29, 1.82) is 0 Å². The first-order chi connectivity index (χ1) is 10.4. The number of carbonyl (C=O) groups is 2. The molecule has 0 radical (unpaired) electrons. The minimum atomic E-state index is -0.105. The van der Waals surface area contributed by atoms with E-state index in [1.165, 1.54) is 0 Å². The van der Waals surface area contributed by atoms with Crippen molar-refractivity contribution in [2.45, 2.75) is 6.92 Å². The van der Waals surface area contributed by atoms with Crippen molar-refractivity contribution < 1.29 is 14.1 Å². The van der Waals surface area contributed by atoms with Crippen LogP contribution in [0, 0.1) is 6.92 Å². The number of amides is 2. The number of nitrogens with one attached hydrogen (secondary N) is 1. The van der Waals surface area contributed by atoms with Gasteiger partial charge in [0, 0.05) is 46.3 Å². The number of likely N-dealkylation sites (N-methyl/N-ethyl adjacent to an activating group) is 1. The molecule has 0 spiro atoms. The molecule has 1 aromatic heterocycles. The van der Waals surface area contributed by atoms with Gasteiger partial charge in [0.15, 0.2) is 5.82 Å². The molecule has 1 aliphatic rings. The number of piperazine rings is 1. The SMILES string of the molecule is Cc1cc(NC(=O)CN2CCN(CC(=O)N(C)C)CC2)no1. The Bertz CT molecular complexity index is 520. The molecule has 1 N–H and O–H groups in total. The molecule has 2 heterocycles. The average molecular weight is 309 g/mol. The van der Waals surface area contributed by atoms with Crippen LogP contribution in [0.25, 0.3) is 0 Å². The molecule has 0 aromatic carbocycles. The Kier molecular flexibility index (Phi) is 5.51. The van der Waals surface area contributed by atoms with E-state index in [-0.39, 0.29) is 11.8 Å². The van der Waals surface area contributed by atoms with Crippen molar-refractivity contribution >= 4 is 17.6 Å². The van der Waals surface area contributed by atoms with Crippen LogP contribution in [0.5, 0.6) is 0 Å². The van der Waals surface area contributed by atoms with Crippen LogP contribution in [0.15, 0.2) is 10.6 Å². The van der Waals surface area contributed by atoms with E-state index in [0.29, 0.717) is 24.7 Å². The highest BCUT2D eigenvalue weighted by atomic mass is 16.5. The summed E-state index contributed by atoms with van der Waals surface area (Å²) < 4.78 is 4.90. The van der Waals surface area contributed by atoms with Crippen molar-refractivity contribution in [1.82, 2.24) is 19.9 Å². The Hall–Kier alpha value is -1.93. The van der Waals surface area contributed by atoms with Gasteiger partial charge < -0.3 is 14.7 Å². The van der Waals surface area contributed by atoms with Crippen LogP contribution in [0.4, 0.5) is 5.82 Å². The zero-order valence-electron chi connectivity index (χ0n) is 13.3. The second kappa shape index (κ2) is 7.37. The molecular weight excluding hydrogens is 286 g/mol. The van der Waals surface area contributed by atoms with Gasteiger partial charge in [-0.05, 0) is 6.92 Å². The molecule has 0 unspecified atom stereocenters. The summed E-state index contributed by atoms with van der Waals surface area (Å²) in [5.74, 6) is 1.10. The van der Waals surface area contributed by atoms with Gasteiger partial charge in [0.05, 0.1) is 13.1 Å². The summed E-state index contributed by atoms with van der Waals surface area (Å²) in [6, 6.07) is 1.68. The van der Waals surface area contributed by atoms with Crippen molar-refractivity contribution in [2.75, 3.05) is 58.7 Å². The molecule has 1 aliphatic heterocycles. The van der Waals surface area contributed by atoms with Gasteiger partial charge in [-0.1, -0.05) is 5.16 Å². The number of nitrogens with zero attached hydrogens (tertiary/aromatic N) is 4. The van der Waals surface area contributed by atoms with Crippen LogP contribution in [-0.4, -0.2) is 85.0 Å². The van der Waals surface area contributed by atoms with Crippen LogP contribution in [0.3, 0.4) is 0 Å². The Morgan fingerprint density at radius 1 is 1.23 bits per heavy atom. The second-order valence-electron chi connectivity index (χ2n) is 5.71. The maximum Gasteiger partial charge on any atom is 0.239 e. The predicted molar refractivity (Wildman–Crippen MR) is 81.4 cm³/mol. The fraction of sp³-hybridized carbons (Fsp3) is 0.643. The number of rotatable bonds is 5. The summed E-state index contributed by atoms with van der Waals surface area (Å²) in [5.41, 5.74) is 0. The molecule has 2 amide bonds. The lowest BCUT2D eigenvalue weighted by molar-refractivity contribution is -0.130. The maximum absolute atomic E-state index is 11.9. The maximum atomic E-state index is 11.9. The Labute approximate surface area is 130 Å². The molecule has 122 valence electrons. The summed E-state index contributed by atoms with van der Waals surface area (Å²) in [6.07, 6.45) is 0. The van der Waals surface area contributed by atoms with Crippen molar-refractivity contribution in [3.05, 3.63) is 11.8 Å². The van der Waals surface area contributed by atoms with Crippen molar-refractivity contribution in [2.24, 2.45) is 0 Å². The van der Waals surface area contributed by atoms with Gasteiger partial charge in [-0.25, -0.2) is 0 Å². The molecule has 0 saturated carbocycles. The molecule has 0 aliphatic carbocycles. The highest BCUT2D eigenvalue weighted by molar-refractivity contribution is 5.91. The van der Waals surface area contributed by atoms with Crippen LogP contribution < -0.4 is 5.32 Å². The Balaban J connectivity index is 1.70. The third-order valence-electron chi connectivity index (χ3n) is 3.59. The van der Waals surface area contributed by atoms with E-state index in [9.17, 15) is 9.59 Å². The highest BCUT2D eigenvalue weighted by Crippen LogP contribution is 2.07. The van der Waals surface area contributed by atoms with E-state index >= 15 is 0 Å². The summed E-state index contributed by atoms with van der Waals surface area (Å²) >= 11 is 0. The Morgan fingerprint density at radius 2 is 1.82 bits per heavy atom. The first kappa shape index (κ1) is 16.4.